The lowest BCUT2D eigenvalue weighted by Crippen LogP contribution is -2.18. The quantitative estimate of drug-likeness (QED) is 0.799. The molecule has 0 amide bonds. The van der Waals surface area contributed by atoms with E-state index in [-0.39, 0.29) is 18.4 Å². The van der Waals surface area contributed by atoms with Crippen LogP contribution >= 0.6 is 0 Å². The first-order valence-corrected chi connectivity index (χ1v) is 6.88. The Bertz CT molecular complexity index is 547. The van der Waals surface area contributed by atoms with Gasteiger partial charge < -0.3 is 15.0 Å². The van der Waals surface area contributed by atoms with Crippen molar-refractivity contribution in [2.45, 2.75) is 32.4 Å². The third-order valence-corrected chi connectivity index (χ3v) is 2.98. The van der Waals surface area contributed by atoms with Crippen LogP contribution in [0.1, 0.15) is 18.9 Å². The number of nitrogens with zero attached hydrogens (tertiary/aromatic N) is 2. The Balaban J connectivity index is 1.90. The summed E-state index contributed by atoms with van der Waals surface area (Å²) < 4.78 is 34.8. The van der Waals surface area contributed by atoms with E-state index in [0.717, 1.165) is 0 Å². The van der Waals surface area contributed by atoms with Gasteiger partial charge in [0.15, 0.2) is 17.4 Å². The van der Waals surface area contributed by atoms with E-state index < -0.39 is 11.6 Å². The molecule has 21 heavy (non-hydrogen) atoms. The van der Waals surface area contributed by atoms with Gasteiger partial charge in [0.05, 0.1) is 12.9 Å². The number of hydrogen-bond donors (Lipinski definition) is 1. The van der Waals surface area contributed by atoms with Crippen molar-refractivity contribution in [3.8, 4) is 5.75 Å². The second-order valence-corrected chi connectivity index (χ2v) is 5.07. The van der Waals surface area contributed by atoms with E-state index in [2.05, 4.69) is 4.98 Å². The maximum atomic E-state index is 13.8. The van der Waals surface area contributed by atoms with Crippen LogP contribution in [0.4, 0.5) is 8.78 Å². The highest BCUT2D eigenvalue weighted by Crippen LogP contribution is 2.24. The third kappa shape index (κ3) is 4.53. The predicted molar refractivity (Wildman–Crippen MR) is 76.1 cm³/mol. The average molecular weight is 295 g/mol. The zero-order valence-corrected chi connectivity index (χ0v) is 11.9. The molecule has 2 rings (SSSR count). The minimum absolute atomic E-state index is 0.147. The molecule has 2 N–H and O–H groups in total. The summed E-state index contributed by atoms with van der Waals surface area (Å²) in [6.45, 7) is 2.71. The predicted octanol–water partition coefficient (Wildman–Crippen LogP) is 2.52. The van der Waals surface area contributed by atoms with Gasteiger partial charge in [-0.2, -0.15) is 0 Å². The Hall–Kier alpha value is -1.95. The van der Waals surface area contributed by atoms with Crippen LogP contribution in [0.3, 0.4) is 0 Å². The van der Waals surface area contributed by atoms with Gasteiger partial charge in [0.25, 0.3) is 0 Å². The number of benzene rings is 1. The van der Waals surface area contributed by atoms with Crippen LogP contribution < -0.4 is 10.5 Å². The monoisotopic (exact) mass is 295 g/mol. The molecule has 6 heteroatoms. The van der Waals surface area contributed by atoms with Gasteiger partial charge in [0.2, 0.25) is 0 Å². The number of aryl methyl sites for hydroxylation is 1. The molecular formula is C15H19F2N3O. The highest BCUT2D eigenvalue weighted by Gasteiger charge is 2.13. The minimum Gasteiger partial charge on any atom is -0.488 e. The first kappa shape index (κ1) is 15.4. The van der Waals surface area contributed by atoms with Crippen LogP contribution in [-0.2, 0) is 13.0 Å². The van der Waals surface area contributed by atoms with E-state index >= 15 is 0 Å². The van der Waals surface area contributed by atoms with Crippen LogP contribution in [0.2, 0.25) is 0 Å². The van der Waals surface area contributed by atoms with E-state index in [4.69, 9.17) is 10.5 Å². The van der Waals surface area contributed by atoms with Gasteiger partial charge in [-0.25, -0.2) is 13.8 Å². The SMILES string of the molecule is CC(N)Cc1cc(F)c(OCCCn2ccnc2)c(F)c1. The molecule has 1 atom stereocenters. The molecule has 0 saturated carbocycles. The van der Waals surface area contributed by atoms with E-state index in [9.17, 15) is 8.78 Å². The Morgan fingerprint density at radius 2 is 2.05 bits per heavy atom. The summed E-state index contributed by atoms with van der Waals surface area (Å²) in [6, 6.07) is 2.40. The van der Waals surface area contributed by atoms with E-state index in [1.807, 2.05) is 10.8 Å². The van der Waals surface area contributed by atoms with Crippen molar-refractivity contribution in [1.82, 2.24) is 9.55 Å². The molecule has 0 aliphatic rings. The topological polar surface area (TPSA) is 53.1 Å². The molecule has 0 fully saturated rings. The summed E-state index contributed by atoms with van der Waals surface area (Å²) in [7, 11) is 0. The molecule has 1 heterocycles. The molecule has 0 saturated heterocycles. The Morgan fingerprint density at radius 3 is 2.62 bits per heavy atom. The zero-order valence-electron chi connectivity index (χ0n) is 11.9. The Morgan fingerprint density at radius 1 is 1.33 bits per heavy atom. The van der Waals surface area contributed by atoms with Crippen molar-refractivity contribution in [3.05, 3.63) is 48.1 Å². The molecule has 0 radical (unpaired) electrons. The standard InChI is InChI=1S/C15H19F2N3O/c1-11(18)7-12-8-13(16)15(14(17)9-12)21-6-2-4-20-5-3-19-10-20/h3,5,8-11H,2,4,6-7,18H2,1H3. The summed E-state index contributed by atoms with van der Waals surface area (Å²) in [5, 5.41) is 0. The molecule has 0 aliphatic heterocycles. The van der Waals surface area contributed by atoms with Crippen molar-refractivity contribution in [1.29, 1.82) is 0 Å². The first-order valence-electron chi connectivity index (χ1n) is 6.88. The maximum Gasteiger partial charge on any atom is 0.190 e. The number of imidazole rings is 1. The summed E-state index contributed by atoms with van der Waals surface area (Å²) in [6.07, 6.45) is 6.25. The Labute approximate surface area is 122 Å². The van der Waals surface area contributed by atoms with Gasteiger partial charge in [-0.1, -0.05) is 0 Å². The average Bonchev–Trinajstić information content (AvgIpc) is 2.89. The molecule has 0 spiro atoms. The van der Waals surface area contributed by atoms with Crippen molar-refractivity contribution in [2.24, 2.45) is 5.73 Å². The zero-order chi connectivity index (χ0) is 15.2. The van der Waals surface area contributed by atoms with E-state index in [1.165, 1.54) is 12.1 Å². The summed E-state index contributed by atoms with van der Waals surface area (Å²) in [5.41, 5.74) is 6.16. The second-order valence-electron chi connectivity index (χ2n) is 5.07. The fourth-order valence-corrected chi connectivity index (χ4v) is 2.08. The molecule has 114 valence electrons. The van der Waals surface area contributed by atoms with Crippen molar-refractivity contribution in [2.75, 3.05) is 6.61 Å². The number of ether oxygens (including phenoxy) is 1. The van der Waals surface area contributed by atoms with Crippen LogP contribution in [-0.4, -0.2) is 22.2 Å². The summed E-state index contributed by atoms with van der Waals surface area (Å²) in [4.78, 5) is 3.91. The molecule has 0 aliphatic carbocycles. The molecule has 2 aromatic rings. The van der Waals surface area contributed by atoms with E-state index in [0.29, 0.717) is 24.9 Å². The summed E-state index contributed by atoms with van der Waals surface area (Å²) >= 11 is 0. The Kier molecular flexibility index (Phi) is 5.27. The molecule has 1 aromatic heterocycles. The highest BCUT2D eigenvalue weighted by atomic mass is 19.1. The van der Waals surface area contributed by atoms with Crippen molar-refractivity contribution >= 4 is 0 Å². The number of aromatic nitrogens is 2. The van der Waals surface area contributed by atoms with E-state index in [1.54, 1.807) is 19.4 Å². The molecular weight excluding hydrogens is 276 g/mol. The molecule has 1 unspecified atom stereocenters. The number of halogens is 2. The number of rotatable bonds is 7. The van der Waals surface area contributed by atoms with Crippen LogP contribution in [0.25, 0.3) is 0 Å². The third-order valence-electron chi connectivity index (χ3n) is 2.98. The van der Waals surface area contributed by atoms with Gasteiger partial charge in [-0.15, -0.1) is 0 Å². The minimum atomic E-state index is -0.687. The van der Waals surface area contributed by atoms with Gasteiger partial charge >= 0.3 is 0 Å². The smallest absolute Gasteiger partial charge is 0.190 e. The number of hydrogen-bond acceptors (Lipinski definition) is 3. The largest absolute Gasteiger partial charge is 0.488 e. The lowest BCUT2D eigenvalue weighted by Gasteiger charge is -2.11. The molecule has 1 aromatic carbocycles. The van der Waals surface area contributed by atoms with Gasteiger partial charge in [-0.05, 0) is 37.5 Å². The van der Waals surface area contributed by atoms with Crippen molar-refractivity contribution in [3.63, 3.8) is 0 Å². The summed E-state index contributed by atoms with van der Waals surface area (Å²) in [5.74, 6) is -1.70. The van der Waals surface area contributed by atoms with Crippen LogP contribution in [0.5, 0.6) is 5.75 Å². The molecule has 4 nitrogen and oxygen atoms in total. The van der Waals surface area contributed by atoms with Gasteiger partial charge in [0.1, 0.15) is 0 Å². The van der Waals surface area contributed by atoms with Gasteiger partial charge in [0, 0.05) is 25.0 Å². The normalized spacial score (nSPS) is 12.4. The fraction of sp³-hybridized carbons (Fsp3) is 0.400. The highest BCUT2D eigenvalue weighted by molar-refractivity contribution is 5.31. The number of nitrogens with two attached hydrogens (primary N) is 1. The second kappa shape index (κ2) is 7.17. The first-order chi connectivity index (χ1) is 10.1. The van der Waals surface area contributed by atoms with Crippen LogP contribution in [0, 0.1) is 11.6 Å². The van der Waals surface area contributed by atoms with Crippen molar-refractivity contribution < 1.29 is 13.5 Å². The molecule has 0 bridgehead atoms. The lowest BCUT2D eigenvalue weighted by atomic mass is 10.1. The fourth-order valence-electron chi connectivity index (χ4n) is 2.08. The maximum absolute atomic E-state index is 13.8. The lowest BCUT2D eigenvalue weighted by molar-refractivity contribution is 0.272. The van der Waals surface area contributed by atoms with Gasteiger partial charge in [-0.3, -0.25) is 0 Å². The van der Waals surface area contributed by atoms with Crippen LogP contribution in [0.15, 0.2) is 30.9 Å².